The highest BCUT2D eigenvalue weighted by Gasteiger charge is 2.20. The molecule has 0 amide bonds. The fourth-order valence-corrected chi connectivity index (χ4v) is 3.39. The number of thiocarbonyl (C=S) groups is 1. The third-order valence-corrected chi connectivity index (χ3v) is 4.89. The number of aromatic carboxylic acids is 1. The number of hydrogen-bond acceptors (Lipinski definition) is 4. The Kier molecular flexibility index (Phi) is 5.49. The van der Waals surface area contributed by atoms with E-state index in [2.05, 4.69) is 10.2 Å². The predicted octanol–water partition coefficient (Wildman–Crippen LogP) is 3.26. The summed E-state index contributed by atoms with van der Waals surface area (Å²) in [6, 6.07) is 11.9. The van der Waals surface area contributed by atoms with E-state index >= 15 is 0 Å². The highest BCUT2D eigenvalue weighted by molar-refractivity contribution is 7.80. The molecule has 0 atom stereocenters. The summed E-state index contributed by atoms with van der Waals surface area (Å²) in [5.74, 6) is -0.809. The van der Waals surface area contributed by atoms with Gasteiger partial charge in [-0.25, -0.2) is 4.79 Å². The first-order valence-corrected chi connectivity index (χ1v) is 8.85. The van der Waals surface area contributed by atoms with E-state index in [1.165, 1.54) is 6.07 Å². The van der Waals surface area contributed by atoms with Gasteiger partial charge in [0.1, 0.15) is 5.75 Å². The minimum Gasteiger partial charge on any atom is -0.508 e. The molecule has 26 heavy (non-hydrogen) atoms. The Morgan fingerprint density at radius 1 is 1.12 bits per heavy atom. The lowest BCUT2D eigenvalue weighted by atomic mass is 10.2. The van der Waals surface area contributed by atoms with Gasteiger partial charge in [-0.2, -0.15) is 0 Å². The number of hydrogen-bond donors (Lipinski definition) is 3. The smallest absolute Gasteiger partial charge is 0.337 e. The second-order valence-electron chi connectivity index (χ2n) is 5.92. The zero-order valence-corrected chi connectivity index (χ0v) is 15.4. The minimum absolute atomic E-state index is 0.0582. The third kappa shape index (κ3) is 4.17. The van der Waals surface area contributed by atoms with Gasteiger partial charge in [0.15, 0.2) is 5.11 Å². The molecule has 3 rings (SSSR count). The van der Waals surface area contributed by atoms with Crippen molar-refractivity contribution in [2.45, 2.75) is 0 Å². The number of benzene rings is 2. The van der Waals surface area contributed by atoms with E-state index in [1.807, 2.05) is 17.0 Å². The molecule has 8 heteroatoms. The Labute approximate surface area is 161 Å². The molecule has 2 aromatic rings. The fraction of sp³-hybridized carbons (Fsp3) is 0.222. The van der Waals surface area contributed by atoms with Gasteiger partial charge in [0.2, 0.25) is 0 Å². The van der Waals surface area contributed by atoms with Crippen molar-refractivity contribution in [2.75, 3.05) is 36.4 Å². The first kappa shape index (κ1) is 18.3. The summed E-state index contributed by atoms with van der Waals surface area (Å²) in [4.78, 5) is 15.3. The second-order valence-corrected chi connectivity index (χ2v) is 6.72. The lowest BCUT2D eigenvalue weighted by molar-refractivity contribution is 0.0697. The summed E-state index contributed by atoms with van der Waals surface area (Å²) in [6.45, 7) is 3.04. The number of anilines is 2. The Hall–Kier alpha value is -2.51. The van der Waals surface area contributed by atoms with E-state index in [1.54, 1.807) is 24.3 Å². The summed E-state index contributed by atoms with van der Waals surface area (Å²) in [7, 11) is 0. The molecular formula is C18H18ClN3O3S. The summed E-state index contributed by atoms with van der Waals surface area (Å²) in [5, 5.41) is 22.5. The molecule has 1 heterocycles. The summed E-state index contributed by atoms with van der Waals surface area (Å²) < 4.78 is 0. The standard InChI is InChI=1S/C18H18ClN3O3S/c19-16-10-12(4-5-15(16)17(24)25)20-18(26)22-8-6-21(7-9-22)13-2-1-3-14(23)11-13/h1-5,10-11,23H,6-9H2,(H,20,26)(H,24,25). The monoisotopic (exact) mass is 391 g/mol. The van der Waals surface area contributed by atoms with Crippen LogP contribution in [0, 0.1) is 0 Å². The van der Waals surface area contributed by atoms with E-state index in [-0.39, 0.29) is 16.3 Å². The maximum atomic E-state index is 11.0. The van der Waals surface area contributed by atoms with Crippen LogP contribution in [0.4, 0.5) is 11.4 Å². The largest absolute Gasteiger partial charge is 0.508 e. The number of phenolic OH excluding ortho intramolecular Hbond substituents is 1. The van der Waals surface area contributed by atoms with Crippen LogP contribution >= 0.6 is 23.8 Å². The van der Waals surface area contributed by atoms with E-state index in [4.69, 9.17) is 28.9 Å². The molecule has 136 valence electrons. The van der Waals surface area contributed by atoms with Gasteiger partial charge in [-0.15, -0.1) is 0 Å². The van der Waals surface area contributed by atoms with Crippen molar-refractivity contribution in [3.8, 4) is 5.75 Å². The van der Waals surface area contributed by atoms with Crippen molar-refractivity contribution in [2.24, 2.45) is 0 Å². The van der Waals surface area contributed by atoms with Gasteiger partial charge >= 0.3 is 5.97 Å². The number of piperazine rings is 1. The number of aromatic hydroxyl groups is 1. The summed E-state index contributed by atoms with van der Waals surface area (Å²) in [6.07, 6.45) is 0. The topological polar surface area (TPSA) is 76.0 Å². The zero-order chi connectivity index (χ0) is 18.7. The van der Waals surface area contributed by atoms with Crippen molar-refractivity contribution in [3.63, 3.8) is 0 Å². The molecule has 1 saturated heterocycles. The van der Waals surface area contributed by atoms with Crippen molar-refractivity contribution in [1.29, 1.82) is 0 Å². The molecule has 0 spiro atoms. The van der Waals surface area contributed by atoms with Crippen molar-refractivity contribution in [1.82, 2.24) is 4.90 Å². The first-order valence-electron chi connectivity index (χ1n) is 8.07. The number of halogens is 1. The molecule has 1 aliphatic rings. The molecule has 2 aromatic carbocycles. The number of phenols is 1. The van der Waals surface area contributed by atoms with Gasteiger partial charge in [0.05, 0.1) is 10.6 Å². The van der Waals surface area contributed by atoms with Crippen LogP contribution in [0.1, 0.15) is 10.4 Å². The van der Waals surface area contributed by atoms with E-state index in [0.717, 1.165) is 31.9 Å². The van der Waals surface area contributed by atoms with Crippen LogP contribution in [-0.2, 0) is 0 Å². The van der Waals surface area contributed by atoms with Crippen LogP contribution in [0.25, 0.3) is 0 Å². The van der Waals surface area contributed by atoms with Crippen LogP contribution in [0.2, 0.25) is 5.02 Å². The highest BCUT2D eigenvalue weighted by Crippen LogP contribution is 2.23. The maximum Gasteiger partial charge on any atom is 0.337 e. The molecule has 0 bridgehead atoms. The molecular weight excluding hydrogens is 374 g/mol. The first-order chi connectivity index (χ1) is 12.4. The normalized spacial score (nSPS) is 14.2. The van der Waals surface area contributed by atoms with Gasteiger partial charge in [0.25, 0.3) is 0 Å². The van der Waals surface area contributed by atoms with Crippen LogP contribution in [0.5, 0.6) is 5.75 Å². The second kappa shape index (κ2) is 7.80. The van der Waals surface area contributed by atoms with Crippen LogP contribution in [0.3, 0.4) is 0 Å². The molecule has 0 saturated carbocycles. The SMILES string of the molecule is O=C(O)c1ccc(NC(=S)N2CCN(c3cccc(O)c3)CC2)cc1Cl. The number of carboxylic acid groups (broad SMARTS) is 1. The summed E-state index contributed by atoms with van der Waals surface area (Å²) in [5.41, 5.74) is 1.70. The van der Waals surface area contributed by atoms with Gasteiger partial charge in [-0.05, 0) is 42.5 Å². The van der Waals surface area contributed by atoms with Crippen LogP contribution in [-0.4, -0.2) is 52.4 Å². The summed E-state index contributed by atoms with van der Waals surface area (Å²) >= 11 is 11.4. The maximum absolute atomic E-state index is 11.0. The Balaban J connectivity index is 1.58. The average Bonchev–Trinajstić information content (AvgIpc) is 2.61. The number of nitrogens with zero attached hydrogens (tertiary/aromatic N) is 2. The molecule has 1 aliphatic heterocycles. The van der Waals surface area contributed by atoms with E-state index in [0.29, 0.717) is 10.8 Å². The lowest BCUT2D eigenvalue weighted by Gasteiger charge is -2.37. The third-order valence-electron chi connectivity index (χ3n) is 4.21. The van der Waals surface area contributed by atoms with Crippen molar-refractivity contribution in [3.05, 3.63) is 53.1 Å². The highest BCUT2D eigenvalue weighted by atomic mass is 35.5. The van der Waals surface area contributed by atoms with Crippen LogP contribution < -0.4 is 10.2 Å². The van der Waals surface area contributed by atoms with Crippen molar-refractivity contribution >= 4 is 46.3 Å². The van der Waals surface area contributed by atoms with E-state index < -0.39 is 5.97 Å². The Morgan fingerprint density at radius 3 is 2.46 bits per heavy atom. The Morgan fingerprint density at radius 2 is 1.85 bits per heavy atom. The molecule has 1 fully saturated rings. The molecule has 0 radical (unpaired) electrons. The molecule has 0 aliphatic carbocycles. The van der Waals surface area contributed by atoms with Gasteiger partial charge < -0.3 is 25.3 Å². The molecule has 0 unspecified atom stereocenters. The molecule has 0 aromatic heterocycles. The minimum atomic E-state index is -1.06. The van der Waals surface area contributed by atoms with Crippen molar-refractivity contribution < 1.29 is 15.0 Å². The number of carbonyl (C=O) groups is 1. The Bertz CT molecular complexity index is 838. The average molecular weight is 392 g/mol. The lowest BCUT2D eigenvalue weighted by Crippen LogP contribution is -2.50. The number of rotatable bonds is 3. The predicted molar refractivity (Wildman–Crippen MR) is 107 cm³/mol. The quantitative estimate of drug-likeness (QED) is 0.693. The number of carboxylic acids is 1. The van der Waals surface area contributed by atoms with Gasteiger partial charge in [-0.1, -0.05) is 17.7 Å². The van der Waals surface area contributed by atoms with Gasteiger partial charge in [0, 0.05) is 43.6 Å². The van der Waals surface area contributed by atoms with Gasteiger partial charge in [-0.3, -0.25) is 0 Å². The fourth-order valence-electron chi connectivity index (χ4n) is 2.83. The molecule has 6 nitrogen and oxygen atoms in total. The zero-order valence-electron chi connectivity index (χ0n) is 13.9. The number of nitrogens with one attached hydrogen (secondary N) is 1. The van der Waals surface area contributed by atoms with E-state index in [9.17, 15) is 9.90 Å². The van der Waals surface area contributed by atoms with Crippen LogP contribution in [0.15, 0.2) is 42.5 Å². The molecule has 3 N–H and O–H groups in total.